The van der Waals surface area contributed by atoms with Crippen LogP contribution < -0.4 is 0 Å². The van der Waals surface area contributed by atoms with Crippen molar-refractivity contribution in [3.05, 3.63) is 415 Å². The number of hydrogen-bond acceptors (Lipinski definition) is 13. The van der Waals surface area contributed by atoms with Gasteiger partial charge >= 0.3 is 0 Å². The Bertz CT molecular complexity index is 4680. The molecule has 0 N–H and O–H groups in total. The molecule has 0 bridgehead atoms. The zero-order chi connectivity index (χ0) is 78.2. The van der Waals surface area contributed by atoms with E-state index in [1.807, 2.05) is 195 Å². The van der Waals surface area contributed by atoms with Gasteiger partial charge in [0.2, 0.25) is 0 Å². The molecule has 0 unspecified atom stereocenters. The molecule has 0 atom stereocenters. The van der Waals surface area contributed by atoms with Crippen LogP contribution in [0, 0.1) is 96.9 Å². The molecule has 0 aliphatic rings. The third-order valence-corrected chi connectivity index (χ3v) is 16.7. The second-order valence-electron chi connectivity index (χ2n) is 26.1. The monoisotopic (exact) mass is 1440 g/mol. The van der Waals surface area contributed by atoms with Crippen LogP contribution in [0.5, 0.6) is 0 Å². The third-order valence-electron chi connectivity index (χ3n) is 16.7. The van der Waals surface area contributed by atoms with Crippen molar-refractivity contribution in [2.45, 2.75) is 96.9 Å². The largest absolute Gasteiger partial charge is 0.265 e. The maximum atomic E-state index is 4.31. The minimum absolute atomic E-state index is 0.792. The maximum absolute atomic E-state index is 4.31. The van der Waals surface area contributed by atoms with E-state index in [9.17, 15) is 0 Å². The Hall–Kier alpha value is -13.4. The summed E-state index contributed by atoms with van der Waals surface area (Å²) in [6.07, 6.45) is 23.6. The summed E-state index contributed by atoms with van der Waals surface area (Å²) in [5, 5.41) is 0. The topological polar surface area (TPSA) is 168 Å². The van der Waals surface area contributed by atoms with Crippen LogP contribution in [0.4, 0.5) is 0 Å². The Morgan fingerprint density at radius 1 is 0.164 bits per heavy atom. The van der Waals surface area contributed by atoms with Crippen molar-refractivity contribution in [1.82, 2.24) is 64.8 Å². The summed E-state index contributed by atoms with van der Waals surface area (Å²) in [4.78, 5) is 53.6. The molecule has 0 radical (unpaired) electrons. The van der Waals surface area contributed by atoms with E-state index < -0.39 is 0 Å². The van der Waals surface area contributed by atoms with Crippen molar-refractivity contribution in [2.24, 2.45) is 0 Å². The molecule has 0 saturated heterocycles. The van der Waals surface area contributed by atoms with E-state index in [1.165, 1.54) is 94.6 Å². The Labute approximate surface area is 650 Å². The Morgan fingerprint density at radius 3 is 0.855 bits per heavy atom. The lowest BCUT2D eigenvalue weighted by atomic mass is 10.1. The molecule has 550 valence electrons. The van der Waals surface area contributed by atoms with Crippen LogP contribution in [-0.4, -0.2) is 64.8 Å². The summed E-state index contributed by atoms with van der Waals surface area (Å²) >= 11 is 0. The Morgan fingerprint density at radius 2 is 0.473 bits per heavy atom. The highest BCUT2D eigenvalue weighted by molar-refractivity contribution is 5.66. The second kappa shape index (κ2) is 44.5. The number of rotatable bonds is 7. The molecule has 16 rings (SSSR count). The first-order valence-corrected chi connectivity index (χ1v) is 36.4. The number of hydrogen-bond donors (Lipinski definition) is 0. The fraction of sp³-hybridized carbons (Fsp3) is 0.144. The van der Waals surface area contributed by atoms with Gasteiger partial charge in [0.25, 0.3) is 0 Å². The summed E-state index contributed by atoms with van der Waals surface area (Å²) in [5.41, 5.74) is 29.3. The highest BCUT2D eigenvalue weighted by Crippen LogP contribution is 2.24. The van der Waals surface area contributed by atoms with Gasteiger partial charge in [-0.2, -0.15) is 0 Å². The van der Waals surface area contributed by atoms with Crippen LogP contribution >= 0.6 is 0 Å². The number of aryl methyl sites for hydroxylation is 14. The van der Waals surface area contributed by atoms with Crippen molar-refractivity contribution in [3.8, 4) is 78.3 Å². The zero-order valence-electron chi connectivity index (χ0n) is 65.6. The third kappa shape index (κ3) is 29.2. The van der Waals surface area contributed by atoms with Gasteiger partial charge in [-0.1, -0.05) is 197 Å². The molecule has 10 aromatic heterocycles. The van der Waals surface area contributed by atoms with Gasteiger partial charge in [0.05, 0.1) is 39.9 Å². The molecule has 13 heteroatoms. The molecule has 110 heavy (non-hydrogen) atoms. The van der Waals surface area contributed by atoms with Crippen molar-refractivity contribution >= 4 is 0 Å². The van der Waals surface area contributed by atoms with Crippen LogP contribution in [0.3, 0.4) is 0 Å². The molecule has 0 aliphatic carbocycles. The fourth-order valence-corrected chi connectivity index (χ4v) is 10.7. The van der Waals surface area contributed by atoms with Crippen LogP contribution in [-0.2, 0) is 0 Å². The number of benzene rings is 6. The van der Waals surface area contributed by atoms with E-state index in [2.05, 4.69) is 277 Å². The molecule has 0 saturated carbocycles. The summed E-state index contributed by atoms with van der Waals surface area (Å²) in [6.45, 7) is 28.1. The van der Waals surface area contributed by atoms with Crippen molar-refractivity contribution in [1.29, 1.82) is 0 Å². The molecule has 6 aromatic carbocycles. The zero-order valence-corrected chi connectivity index (χ0v) is 65.6. The number of nitrogens with zero attached hydrogens (tertiary/aromatic N) is 13. The van der Waals surface area contributed by atoms with E-state index in [1.54, 1.807) is 24.8 Å². The van der Waals surface area contributed by atoms with Crippen molar-refractivity contribution < 1.29 is 0 Å². The fourth-order valence-electron chi connectivity index (χ4n) is 10.7. The smallest absolute Gasteiger partial charge is 0.129 e. The molecule has 0 fully saturated rings. The van der Waals surface area contributed by atoms with E-state index in [0.29, 0.717) is 0 Å². The molecule has 0 spiro atoms. The summed E-state index contributed by atoms with van der Waals surface area (Å²) in [5.74, 6) is 2.38. The predicted octanol–water partition coefficient (Wildman–Crippen LogP) is 23.3. The van der Waals surface area contributed by atoms with Crippen molar-refractivity contribution in [2.75, 3.05) is 0 Å². The van der Waals surface area contributed by atoms with Gasteiger partial charge in [-0.25, -0.2) is 15.0 Å². The summed E-state index contributed by atoms with van der Waals surface area (Å²) in [7, 11) is 0. The quantitative estimate of drug-likeness (QED) is 0.148. The average molecular weight is 1440 g/mol. The lowest BCUT2D eigenvalue weighted by molar-refractivity contribution is 0.875. The van der Waals surface area contributed by atoms with E-state index in [4.69, 9.17) is 0 Å². The van der Waals surface area contributed by atoms with Gasteiger partial charge in [-0.3, -0.25) is 49.8 Å². The van der Waals surface area contributed by atoms with Gasteiger partial charge in [-0.05, 0) is 238 Å². The first-order valence-electron chi connectivity index (χ1n) is 36.4. The minimum Gasteiger partial charge on any atom is -0.265 e. The highest BCUT2D eigenvalue weighted by atomic mass is 15.0. The van der Waals surface area contributed by atoms with Gasteiger partial charge in [-0.15, -0.1) is 0 Å². The van der Waals surface area contributed by atoms with Crippen LogP contribution in [0.15, 0.2) is 335 Å². The highest BCUT2D eigenvalue weighted by Gasteiger charge is 2.04. The predicted molar refractivity (Wildman–Crippen MR) is 454 cm³/mol. The normalized spacial score (nSPS) is 9.91. The van der Waals surface area contributed by atoms with Gasteiger partial charge < -0.3 is 0 Å². The lowest BCUT2D eigenvalue weighted by Crippen LogP contribution is -1.97. The SMILES string of the molecule is Cc1ccc(-c2ccccn2)cc1.Cc1ccc(-c2cccnc2)cc1.Cc1ccc(-c2ccncc2)cc1.Cc1cccc(-c2ccccn2)c1.Cc1cccc(-c2cccnc2)c1.Cc1cccc(-c2ccncc2)c1.Cc1ccnc(-c2ccncc2)c1.Cc1nc(C)c(C)nc1C.Cc1nc(C)nc(C)n1. The van der Waals surface area contributed by atoms with Gasteiger partial charge in [0.15, 0.2) is 0 Å². The molecular weight excluding hydrogens is 1350 g/mol. The van der Waals surface area contributed by atoms with Crippen LogP contribution in [0.25, 0.3) is 78.3 Å². The molecule has 0 amide bonds. The molecular formula is C97H97N13. The Balaban J connectivity index is 0.000000156. The van der Waals surface area contributed by atoms with Crippen LogP contribution in [0.1, 0.15) is 79.2 Å². The first-order chi connectivity index (χ1) is 53.3. The average Bonchev–Trinajstić information content (AvgIpc) is 0.933. The molecule has 16 aromatic rings. The molecule has 10 heterocycles. The van der Waals surface area contributed by atoms with E-state index >= 15 is 0 Å². The van der Waals surface area contributed by atoms with E-state index in [-0.39, 0.29) is 0 Å². The minimum atomic E-state index is 0.792. The summed E-state index contributed by atoms with van der Waals surface area (Å²) in [6, 6.07) is 86.6. The second-order valence-corrected chi connectivity index (χ2v) is 26.1. The van der Waals surface area contributed by atoms with Crippen molar-refractivity contribution in [3.63, 3.8) is 0 Å². The van der Waals surface area contributed by atoms with Gasteiger partial charge in [0.1, 0.15) is 17.5 Å². The first kappa shape index (κ1) is 82.3. The molecule has 13 nitrogen and oxygen atoms in total. The summed E-state index contributed by atoms with van der Waals surface area (Å²) < 4.78 is 0. The number of aromatic nitrogens is 13. The number of pyridine rings is 8. The maximum Gasteiger partial charge on any atom is 0.129 e. The van der Waals surface area contributed by atoms with Gasteiger partial charge in [0, 0.05) is 97.2 Å². The molecule has 0 aliphatic heterocycles. The van der Waals surface area contributed by atoms with E-state index in [0.717, 1.165) is 62.9 Å². The lowest BCUT2D eigenvalue weighted by Gasteiger charge is -2.01. The standard InChI is InChI=1S/6C12H11N.C11H10N2.C8H12N2.C6H9N3/c1-10-2-4-11(5-3-10)12-6-8-13-9-7-12;1-10-4-2-5-11(8-10)12-6-3-7-13-9-12;1-10-4-6-11(7-5-10)12-3-2-8-13-9-12;1-10-5-4-6-11(9-10)12-7-2-3-8-13-12;1-10-3-2-4-12(9-10)11-5-7-13-8-6-11;1-10-5-7-11(8-6-10)12-4-2-3-9-13-12;1-9-2-7-13-11(8-9)10-3-5-12-6-4-10;1-5-6(2)10-8(4)7(3)9-5;1-4-7-5(2)9-6(3)8-4/h6*2-9H,1H3;2-8H,1H3;1-4H3;1-3H3. The van der Waals surface area contributed by atoms with Crippen LogP contribution in [0.2, 0.25) is 0 Å². The Kier molecular flexibility index (Phi) is 33.3.